The molecule has 126 valence electrons. The van der Waals surface area contributed by atoms with Gasteiger partial charge in [-0.25, -0.2) is 0 Å². The van der Waals surface area contributed by atoms with E-state index >= 15 is 0 Å². The number of hydrogen-bond acceptors (Lipinski definition) is 2. The number of nitrogens with one attached hydrogen (secondary N) is 2. The van der Waals surface area contributed by atoms with Crippen LogP contribution in [-0.2, 0) is 4.79 Å². The average Bonchev–Trinajstić information content (AvgIpc) is 2.64. The third-order valence-corrected chi connectivity index (χ3v) is 4.39. The number of aromatic nitrogens is 1. The van der Waals surface area contributed by atoms with E-state index in [9.17, 15) is 9.59 Å². The Kier molecular flexibility index (Phi) is 5.46. The topological polar surface area (TPSA) is 62.0 Å². The first kappa shape index (κ1) is 17.2. The number of benzene rings is 2. The molecule has 25 heavy (non-hydrogen) atoms. The summed E-state index contributed by atoms with van der Waals surface area (Å²) in [6.45, 7) is 0. The van der Waals surface area contributed by atoms with Gasteiger partial charge >= 0.3 is 0 Å². The first-order valence-electron chi connectivity index (χ1n) is 7.91. The van der Waals surface area contributed by atoms with Gasteiger partial charge in [-0.15, -0.1) is 0 Å². The Morgan fingerprint density at radius 2 is 1.56 bits per heavy atom. The average molecular weight is 397 g/mol. The van der Waals surface area contributed by atoms with Crippen LogP contribution in [-0.4, -0.2) is 10.9 Å². The number of halogens is 1. The lowest BCUT2D eigenvalue weighted by atomic mass is 9.88. The molecule has 1 heterocycles. The van der Waals surface area contributed by atoms with Crippen LogP contribution in [0.5, 0.6) is 0 Å². The standard InChI is InChI=1S/C20H17BrN2O2/c21-16-11-18(20(25)22-13-16)23-19(24)12-17(14-7-3-1-4-8-14)15-9-5-2-6-10-15/h1-11,13,17H,12H2,(H,22,25)(H,23,24). The number of aromatic amines is 1. The van der Waals surface area contributed by atoms with Crippen LogP contribution in [0.1, 0.15) is 23.5 Å². The molecule has 0 aliphatic rings. The van der Waals surface area contributed by atoms with E-state index in [1.807, 2.05) is 60.7 Å². The molecule has 3 aromatic rings. The van der Waals surface area contributed by atoms with Crippen molar-refractivity contribution in [1.82, 2.24) is 4.98 Å². The molecule has 0 aliphatic heterocycles. The Bertz CT molecular complexity index is 868. The summed E-state index contributed by atoms with van der Waals surface area (Å²) in [6.07, 6.45) is 1.79. The van der Waals surface area contributed by atoms with Crippen molar-refractivity contribution in [1.29, 1.82) is 0 Å². The zero-order chi connectivity index (χ0) is 17.6. The highest BCUT2D eigenvalue weighted by molar-refractivity contribution is 9.10. The molecule has 1 aromatic heterocycles. The van der Waals surface area contributed by atoms with Crippen molar-refractivity contribution < 1.29 is 4.79 Å². The maximum Gasteiger partial charge on any atom is 0.271 e. The third kappa shape index (κ3) is 4.45. The number of rotatable bonds is 5. The first-order valence-corrected chi connectivity index (χ1v) is 8.71. The van der Waals surface area contributed by atoms with Gasteiger partial charge in [0.2, 0.25) is 5.91 Å². The molecule has 1 amide bonds. The summed E-state index contributed by atoms with van der Waals surface area (Å²) in [4.78, 5) is 27.0. The molecule has 0 radical (unpaired) electrons. The summed E-state index contributed by atoms with van der Waals surface area (Å²) in [5, 5.41) is 2.71. The Labute approximate surface area is 154 Å². The zero-order valence-corrected chi connectivity index (χ0v) is 15.0. The summed E-state index contributed by atoms with van der Waals surface area (Å²) >= 11 is 3.29. The van der Waals surface area contributed by atoms with Crippen LogP contribution in [0.2, 0.25) is 0 Å². The van der Waals surface area contributed by atoms with Crippen molar-refractivity contribution in [2.24, 2.45) is 0 Å². The Morgan fingerprint density at radius 1 is 1.00 bits per heavy atom. The van der Waals surface area contributed by atoms with Gasteiger partial charge in [-0.3, -0.25) is 9.59 Å². The predicted molar refractivity (Wildman–Crippen MR) is 103 cm³/mol. The number of anilines is 1. The van der Waals surface area contributed by atoms with Crippen LogP contribution in [0.15, 0.2) is 82.2 Å². The van der Waals surface area contributed by atoms with E-state index in [1.54, 1.807) is 6.07 Å². The molecule has 0 saturated heterocycles. The quantitative estimate of drug-likeness (QED) is 0.675. The number of H-pyrrole nitrogens is 1. The molecule has 5 heteroatoms. The second kappa shape index (κ2) is 7.94. The summed E-state index contributed by atoms with van der Waals surface area (Å²) in [5.74, 6) is -0.282. The van der Waals surface area contributed by atoms with E-state index in [2.05, 4.69) is 26.2 Å². The Morgan fingerprint density at radius 3 is 2.12 bits per heavy atom. The number of amides is 1. The lowest BCUT2D eigenvalue weighted by Crippen LogP contribution is -2.21. The highest BCUT2D eigenvalue weighted by atomic mass is 79.9. The second-order valence-electron chi connectivity index (χ2n) is 5.69. The van der Waals surface area contributed by atoms with Gasteiger partial charge in [0.05, 0.1) is 0 Å². The molecular weight excluding hydrogens is 380 g/mol. The molecule has 0 unspecified atom stereocenters. The monoisotopic (exact) mass is 396 g/mol. The molecule has 4 nitrogen and oxygen atoms in total. The van der Waals surface area contributed by atoms with Crippen LogP contribution in [0.4, 0.5) is 5.69 Å². The highest BCUT2D eigenvalue weighted by Gasteiger charge is 2.18. The predicted octanol–water partition coefficient (Wildman–Crippen LogP) is 4.30. The smallest absolute Gasteiger partial charge is 0.271 e. The van der Waals surface area contributed by atoms with Gasteiger partial charge in [0, 0.05) is 23.0 Å². The van der Waals surface area contributed by atoms with Crippen molar-refractivity contribution in [3.63, 3.8) is 0 Å². The first-order chi connectivity index (χ1) is 12.1. The fraction of sp³-hybridized carbons (Fsp3) is 0.100. The van der Waals surface area contributed by atoms with Gasteiger partial charge < -0.3 is 10.3 Å². The normalized spacial score (nSPS) is 10.6. The summed E-state index contributed by atoms with van der Waals surface area (Å²) in [7, 11) is 0. The molecule has 0 atom stereocenters. The molecule has 2 aromatic carbocycles. The van der Waals surface area contributed by atoms with Crippen molar-refractivity contribution in [2.45, 2.75) is 12.3 Å². The largest absolute Gasteiger partial charge is 0.326 e. The lowest BCUT2D eigenvalue weighted by molar-refractivity contribution is -0.116. The van der Waals surface area contributed by atoms with Crippen molar-refractivity contribution in [3.8, 4) is 0 Å². The van der Waals surface area contributed by atoms with Crippen LogP contribution >= 0.6 is 15.9 Å². The minimum absolute atomic E-state index is 0.0753. The van der Waals surface area contributed by atoms with Gasteiger partial charge in [-0.05, 0) is 33.1 Å². The van der Waals surface area contributed by atoms with Crippen molar-refractivity contribution >= 4 is 27.5 Å². The SMILES string of the molecule is O=C(CC(c1ccccc1)c1ccccc1)Nc1cc(Br)c[nH]c1=O. The molecular formula is C20H17BrN2O2. The Hall–Kier alpha value is -2.66. The minimum Gasteiger partial charge on any atom is -0.326 e. The molecule has 0 saturated carbocycles. The van der Waals surface area contributed by atoms with Gasteiger partial charge in [0.15, 0.2) is 0 Å². The van der Waals surface area contributed by atoms with Gasteiger partial charge in [-0.2, -0.15) is 0 Å². The summed E-state index contributed by atoms with van der Waals surface area (Å²) < 4.78 is 0.699. The van der Waals surface area contributed by atoms with Crippen molar-refractivity contribution in [2.75, 3.05) is 5.32 Å². The van der Waals surface area contributed by atoms with E-state index in [4.69, 9.17) is 0 Å². The van der Waals surface area contributed by atoms with Crippen molar-refractivity contribution in [3.05, 3.63) is 98.9 Å². The summed E-state index contributed by atoms with van der Waals surface area (Å²) in [5.41, 5.74) is 2.03. The van der Waals surface area contributed by atoms with Crippen LogP contribution in [0.3, 0.4) is 0 Å². The molecule has 0 bridgehead atoms. The number of hydrogen-bond donors (Lipinski definition) is 2. The highest BCUT2D eigenvalue weighted by Crippen LogP contribution is 2.28. The van der Waals surface area contributed by atoms with E-state index in [0.29, 0.717) is 4.47 Å². The van der Waals surface area contributed by atoms with Crippen LogP contribution in [0.25, 0.3) is 0 Å². The number of carbonyl (C=O) groups is 1. The van der Waals surface area contributed by atoms with E-state index in [1.165, 1.54) is 6.20 Å². The third-order valence-electron chi connectivity index (χ3n) is 3.94. The fourth-order valence-corrected chi connectivity index (χ4v) is 3.08. The second-order valence-corrected chi connectivity index (χ2v) is 6.60. The number of pyridine rings is 1. The maximum absolute atomic E-state index is 12.6. The zero-order valence-electron chi connectivity index (χ0n) is 13.4. The lowest BCUT2D eigenvalue weighted by Gasteiger charge is -2.17. The van der Waals surface area contributed by atoms with Crippen LogP contribution in [0, 0.1) is 0 Å². The van der Waals surface area contributed by atoms with Crippen LogP contribution < -0.4 is 10.9 Å². The number of carbonyl (C=O) groups excluding carboxylic acids is 1. The molecule has 0 fully saturated rings. The van der Waals surface area contributed by atoms with Gasteiger partial charge in [-0.1, -0.05) is 60.7 Å². The Balaban J connectivity index is 1.84. The van der Waals surface area contributed by atoms with Gasteiger partial charge in [0.1, 0.15) is 5.69 Å². The molecule has 3 rings (SSSR count). The maximum atomic E-state index is 12.6. The van der Waals surface area contributed by atoms with E-state index in [-0.39, 0.29) is 29.5 Å². The molecule has 0 aliphatic carbocycles. The van der Waals surface area contributed by atoms with E-state index in [0.717, 1.165) is 11.1 Å². The minimum atomic E-state index is -0.326. The fourth-order valence-electron chi connectivity index (χ4n) is 2.74. The molecule has 0 spiro atoms. The summed E-state index contributed by atoms with van der Waals surface area (Å²) in [6, 6.07) is 21.4. The van der Waals surface area contributed by atoms with Gasteiger partial charge in [0.25, 0.3) is 5.56 Å². The molecule has 2 N–H and O–H groups in total. The van der Waals surface area contributed by atoms with E-state index < -0.39 is 0 Å².